The van der Waals surface area contributed by atoms with E-state index < -0.39 is 39.4 Å². The Kier molecular flexibility index (Phi) is 4.95. The number of benzene rings is 2. The number of hydrogen-bond donors (Lipinski definition) is 1. The lowest BCUT2D eigenvalue weighted by molar-refractivity contribution is -0.137. The largest absolute Gasteiger partial charge is 0.416 e. The van der Waals surface area contributed by atoms with Crippen LogP contribution in [0.25, 0.3) is 0 Å². The first kappa shape index (κ1) is 18.3. The summed E-state index contributed by atoms with van der Waals surface area (Å²) in [5.74, 6) is -2.20. The van der Waals surface area contributed by atoms with Gasteiger partial charge >= 0.3 is 6.18 Å². The highest BCUT2D eigenvalue weighted by Gasteiger charge is 2.30. The van der Waals surface area contributed by atoms with E-state index in [0.717, 1.165) is 24.3 Å². The van der Waals surface area contributed by atoms with Gasteiger partial charge < -0.3 is 0 Å². The maximum atomic E-state index is 13.2. The molecule has 0 aliphatic heterocycles. The molecule has 2 rings (SSSR count). The Morgan fingerprint density at radius 1 is 0.958 bits per heavy atom. The summed E-state index contributed by atoms with van der Waals surface area (Å²) in [7, 11) is -4.13. The van der Waals surface area contributed by atoms with Gasteiger partial charge in [-0.05, 0) is 48.9 Å². The zero-order valence-corrected chi connectivity index (χ0v) is 13.0. The van der Waals surface area contributed by atoms with Crippen molar-refractivity contribution < 1.29 is 30.4 Å². The van der Waals surface area contributed by atoms with Gasteiger partial charge in [-0.15, -0.1) is 0 Å². The minimum Gasteiger partial charge on any atom is -0.207 e. The van der Waals surface area contributed by atoms with Gasteiger partial charge in [0.2, 0.25) is 10.0 Å². The molecule has 0 spiro atoms. The maximum Gasteiger partial charge on any atom is 0.416 e. The van der Waals surface area contributed by atoms with E-state index in [1.807, 2.05) is 0 Å². The fourth-order valence-corrected chi connectivity index (χ4v) is 3.21. The second kappa shape index (κ2) is 6.48. The molecular weight excluding hydrogens is 353 g/mol. The van der Waals surface area contributed by atoms with E-state index in [1.54, 1.807) is 0 Å². The lowest BCUT2D eigenvalue weighted by Crippen LogP contribution is -2.27. The van der Waals surface area contributed by atoms with Crippen molar-refractivity contribution in [3.8, 4) is 0 Å². The summed E-state index contributed by atoms with van der Waals surface area (Å²) < 4.78 is 90.1. The highest BCUT2D eigenvalue weighted by Crippen LogP contribution is 2.30. The highest BCUT2D eigenvalue weighted by atomic mass is 32.2. The molecular formula is C15H12F5NO2S. The summed E-state index contributed by atoms with van der Waals surface area (Å²) >= 11 is 0. The molecule has 3 nitrogen and oxygen atoms in total. The molecule has 0 heterocycles. The number of rotatable bonds is 4. The second-order valence-corrected chi connectivity index (χ2v) is 6.75. The van der Waals surface area contributed by atoms with Crippen LogP contribution in [0.3, 0.4) is 0 Å². The number of halogens is 5. The molecule has 0 saturated carbocycles. The maximum absolute atomic E-state index is 13.2. The van der Waals surface area contributed by atoms with Crippen LogP contribution in [0.15, 0.2) is 47.4 Å². The minimum atomic E-state index is -4.57. The van der Waals surface area contributed by atoms with Crippen molar-refractivity contribution in [3.05, 3.63) is 65.2 Å². The molecule has 0 saturated heterocycles. The Morgan fingerprint density at radius 3 is 2.04 bits per heavy atom. The third-order valence-electron chi connectivity index (χ3n) is 3.27. The monoisotopic (exact) mass is 365 g/mol. The lowest BCUT2D eigenvalue weighted by Gasteiger charge is -2.15. The van der Waals surface area contributed by atoms with Crippen LogP contribution in [-0.4, -0.2) is 8.42 Å². The van der Waals surface area contributed by atoms with E-state index >= 15 is 0 Å². The molecule has 0 fully saturated rings. The molecule has 0 aliphatic carbocycles. The Labute approximate surface area is 135 Å². The van der Waals surface area contributed by atoms with E-state index in [0.29, 0.717) is 12.1 Å². The smallest absolute Gasteiger partial charge is 0.207 e. The zero-order valence-electron chi connectivity index (χ0n) is 12.2. The normalized spacial score (nSPS) is 13.8. The first-order chi connectivity index (χ1) is 11.0. The summed E-state index contributed by atoms with van der Waals surface area (Å²) in [4.78, 5) is -0.370. The lowest BCUT2D eigenvalue weighted by atomic mass is 10.1. The van der Waals surface area contributed by atoms with Gasteiger partial charge in [0.25, 0.3) is 0 Å². The van der Waals surface area contributed by atoms with E-state index in [-0.39, 0.29) is 10.5 Å². The van der Waals surface area contributed by atoms with Gasteiger partial charge in [-0.1, -0.05) is 6.07 Å². The Morgan fingerprint density at radius 2 is 1.54 bits per heavy atom. The van der Waals surface area contributed by atoms with Crippen molar-refractivity contribution in [1.82, 2.24) is 4.72 Å². The molecule has 2 aromatic rings. The molecule has 9 heteroatoms. The van der Waals surface area contributed by atoms with Crippen molar-refractivity contribution >= 4 is 10.0 Å². The van der Waals surface area contributed by atoms with Crippen molar-refractivity contribution in [1.29, 1.82) is 0 Å². The fourth-order valence-electron chi connectivity index (χ4n) is 1.97. The molecule has 2 aromatic carbocycles. The highest BCUT2D eigenvalue weighted by molar-refractivity contribution is 7.89. The van der Waals surface area contributed by atoms with E-state index in [9.17, 15) is 30.4 Å². The van der Waals surface area contributed by atoms with Crippen LogP contribution in [0.5, 0.6) is 0 Å². The van der Waals surface area contributed by atoms with Crippen molar-refractivity contribution in [3.63, 3.8) is 0 Å². The van der Waals surface area contributed by atoms with Gasteiger partial charge in [-0.2, -0.15) is 13.2 Å². The minimum absolute atomic E-state index is 0.171. The predicted octanol–water partition coefficient (Wildman–Crippen LogP) is 4.02. The molecule has 0 unspecified atom stereocenters. The standard InChI is InChI=1S/C15H12F5NO2S/c1-9(10-2-7-13(16)14(17)8-10)21-24(22,23)12-5-3-11(4-6-12)15(18,19)20/h2-9,21H,1H3/t9-/m1/s1. The van der Waals surface area contributed by atoms with Crippen LogP contribution < -0.4 is 4.72 Å². The van der Waals surface area contributed by atoms with E-state index in [4.69, 9.17) is 0 Å². The molecule has 24 heavy (non-hydrogen) atoms. The van der Waals surface area contributed by atoms with Gasteiger partial charge in [-0.25, -0.2) is 21.9 Å². The van der Waals surface area contributed by atoms with Gasteiger partial charge in [0.05, 0.1) is 10.5 Å². The quantitative estimate of drug-likeness (QED) is 0.832. The van der Waals surface area contributed by atoms with Crippen LogP contribution >= 0.6 is 0 Å². The summed E-state index contributed by atoms with van der Waals surface area (Å²) in [5, 5.41) is 0. The SMILES string of the molecule is C[C@@H](NS(=O)(=O)c1ccc(C(F)(F)F)cc1)c1ccc(F)c(F)c1. The van der Waals surface area contributed by atoms with E-state index in [1.165, 1.54) is 13.0 Å². The summed E-state index contributed by atoms with van der Waals surface area (Å²) in [6.07, 6.45) is -4.57. The molecule has 0 aromatic heterocycles. The molecule has 130 valence electrons. The van der Waals surface area contributed by atoms with Crippen LogP contribution in [0.1, 0.15) is 24.1 Å². The van der Waals surface area contributed by atoms with Crippen LogP contribution in [0.4, 0.5) is 22.0 Å². The number of alkyl halides is 3. The third kappa shape index (κ3) is 4.09. The van der Waals surface area contributed by atoms with Crippen molar-refractivity contribution in [2.24, 2.45) is 0 Å². The Hall–Kier alpha value is -2.00. The van der Waals surface area contributed by atoms with Crippen molar-refractivity contribution in [2.75, 3.05) is 0 Å². The molecule has 0 radical (unpaired) electrons. The predicted molar refractivity (Wildman–Crippen MR) is 76.5 cm³/mol. The second-order valence-electron chi connectivity index (χ2n) is 5.04. The molecule has 0 aliphatic rings. The Balaban J connectivity index is 2.22. The average molecular weight is 365 g/mol. The number of hydrogen-bond acceptors (Lipinski definition) is 2. The average Bonchev–Trinajstić information content (AvgIpc) is 2.49. The van der Waals surface area contributed by atoms with Gasteiger partial charge in [0.15, 0.2) is 11.6 Å². The van der Waals surface area contributed by atoms with Crippen molar-refractivity contribution in [2.45, 2.75) is 24.0 Å². The molecule has 1 N–H and O–H groups in total. The zero-order chi connectivity index (χ0) is 18.1. The fraction of sp³-hybridized carbons (Fsp3) is 0.200. The third-order valence-corrected chi connectivity index (χ3v) is 4.82. The van der Waals surface area contributed by atoms with E-state index in [2.05, 4.69) is 4.72 Å². The summed E-state index contributed by atoms with van der Waals surface area (Å²) in [5.41, 5.74) is -0.806. The summed E-state index contributed by atoms with van der Waals surface area (Å²) in [6, 6.07) is 4.94. The van der Waals surface area contributed by atoms with Gasteiger partial charge in [-0.3, -0.25) is 0 Å². The molecule has 0 amide bonds. The van der Waals surface area contributed by atoms with Gasteiger partial charge in [0, 0.05) is 6.04 Å². The topological polar surface area (TPSA) is 46.2 Å². The number of nitrogens with one attached hydrogen (secondary N) is 1. The van der Waals surface area contributed by atoms with Crippen LogP contribution in [0, 0.1) is 11.6 Å². The summed E-state index contributed by atoms with van der Waals surface area (Å²) in [6.45, 7) is 1.40. The molecule has 0 bridgehead atoms. The molecule has 1 atom stereocenters. The van der Waals surface area contributed by atoms with Gasteiger partial charge in [0.1, 0.15) is 0 Å². The first-order valence-corrected chi connectivity index (χ1v) is 8.13. The van der Waals surface area contributed by atoms with Crippen LogP contribution in [0.2, 0.25) is 0 Å². The Bertz CT molecular complexity index is 832. The number of sulfonamides is 1. The first-order valence-electron chi connectivity index (χ1n) is 6.65. The van der Waals surface area contributed by atoms with Crippen LogP contribution in [-0.2, 0) is 16.2 Å².